The second-order valence-electron chi connectivity index (χ2n) is 6.40. The number of nitro benzene ring substituents is 1. The number of carbonyl (C=O) groups is 1. The van der Waals surface area contributed by atoms with Crippen molar-refractivity contribution in [2.75, 3.05) is 0 Å². The number of aromatic nitrogens is 2. The number of aryl methyl sites for hydroxylation is 2. The number of halogens is 1. The summed E-state index contributed by atoms with van der Waals surface area (Å²) < 4.78 is 0. The van der Waals surface area contributed by atoms with Crippen LogP contribution < -0.4 is 11.0 Å². The Morgan fingerprint density at radius 2 is 2.03 bits per heavy atom. The van der Waals surface area contributed by atoms with Crippen LogP contribution in [-0.2, 0) is 11.2 Å². The number of nitro groups is 1. The maximum Gasteiger partial charge on any atom is 0.288 e. The quantitative estimate of drug-likeness (QED) is 0.377. The highest BCUT2D eigenvalue weighted by molar-refractivity contribution is 6.32. The Kier molecular flexibility index (Phi) is 5.69. The third kappa shape index (κ3) is 4.64. The van der Waals surface area contributed by atoms with Crippen LogP contribution in [0.15, 0.2) is 40.2 Å². The number of hydrazone groups is 1. The van der Waals surface area contributed by atoms with Crippen LogP contribution in [0.5, 0.6) is 0 Å². The molecule has 2 aromatic carbocycles. The van der Waals surface area contributed by atoms with Crippen molar-refractivity contribution in [3.05, 3.63) is 78.2 Å². The van der Waals surface area contributed by atoms with Crippen molar-refractivity contribution < 1.29 is 9.72 Å². The van der Waals surface area contributed by atoms with Crippen molar-refractivity contribution in [2.45, 2.75) is 20.3 Å². The predicted octanol–water partition coefficient (Wildman–Crippen LogP) is 2.79. The highest BCUT2D eigenvalue weighted by atomic mass is 35.5. The van der Waals surface area contributed by atoms with E-state index in [1.54, 1.807) is 0 Å². The van der Waals surface area contributed by atoms with Crippen LogP contribution in [0.25, 0.3) is 11.0 Å². The standard InChI is InChI=1S/C19H16ClN5O4/c1-10-5-14-15(6-11(10)2)23-19(27)16(22-14)8-18(26)24-21-9-12-3-4-13(20)17(7-12)25(28)29/h3-7,9H,8H2,1-2H3,(H,23,27)(H,24,26)/b21-9+. The Labute approximate surface area is 169 Å². The fourth-order valence-electron chi connectivity index (χ4n) is 2.62. The molecular weight excluding hydrogens is 398 g/mol. The molecule has 0 spiro atoms. The van der Waals surface area contributed by atoms with Crippen LogP contribution in [0.3, 0.4) is 0 Å². The SMILES string of the molecule is Cc1cc2nc(CC(=O)N/N=C/c3ccc(Cl)c([N+](=O)[O-])c3)c(=O)[nH]c2cc1C. The van der Waals surface area contributed by atoms with E-state index >= 15 is 0 Å². The van der Waals surface area contributed by atoms with Crippen LogP contribution in [-0.4, -0.2) is 27.0 Å². The lowest BCUT2D eigenvalue weighted by molar-refractivity contribution is -0.384. The third-order valence-electron chi connectivity index (χ3n) is 4.28. The number of aromatic amines is 1. The minimum absolute atomic E-state index is 0.00298. The molecule has 1 heterocycles. The Balaban J connectivity index is 1.72. The first-order valence-electron chi connectivity index (χ1n) is 8.50. The van der Waals surface area contributed by atoms with E-state index in [9.17, 15) is 19.7 Å². The summed E-state index contributed by atoms with van der Waals surface area (Å²) >= 11 is 5.75. The van der Waals surface area contributed by atoms with Gasteiger partial charge in [-0.25, -0.2) is 10.4 Å². The molecule has 0 aliphatic carbocycles. The van der Waals surface area contributed by atoms with Crippen molar-refractivity contribution in [3.8, 4) is 0 Å². The number of fused-ring (bicyclic) bond motifs is 1. The van der Waals surface area contributed by atoms with Crippen molar-refractivity contribution in [1.82, 2.24) is 15.4 Å². The summed E-state index contributed by atoms with van der Waals surface area (Å²) in [5, 5.41) is 14.6. The molecule has 1 aromatic heterocycles. The summed E-state index contributed by atoms with van der Waals surface area (Å²) in [6.07, 6.45) is 0.974. The van der Waals surface area contributed by atoms with Gasteiger partial charge in [0.2, 0.25) is 5.91 Å². The molecule has 0 unspecified atom stereocenters. The fourth-order valence-corrected chi connectivity index (χ4v) is 2.81. The lowest BCUT2D eigenvalue weighted by atomic mass is 10.1. The molecule has 0 radical (unpaired) electrons. The number of hydrogen-bond donors (Lipinski definition) is 2. The molecule has 10 heteroatoms. The van der Waals surface area contributed by atoms with Gasteiger partial charge in [-0.3, -0.25) is 19.7 Å². The van der Waals surface area contributed by atoms with Gasteiger partial charge in [-0.1, -0.05) is 17.7 Å². The summed E-state index contributed by atoms with van der Waals surface area (Å²) in [7, 11) is 0. The zero-order valence-corrected chi connectivity index (χ0v) is 16.3. The van der Waals surface area contributed by atoms with E-state index < -0.39 is 16.4 Å². The molecule has 0 aliphatic heterocycles. The molecule has 1 amide bonds. The highest BCUT2D eigenvalue weighted by Crippen LogP contribution is 2.24. The maximum absolute atomic E-state index is 12.2. The molecule has 0 bridgehead atoms. The molecule has 0 aliphatic rings. The Morgan fingerprint density at radius 1 is 1.31 bits per heavy atom. The number of nitrogens with zero attached hydrogens (tertiary/aromatic N) is 3. The number of hydrogen-bond acceptors (Lipinski definition) is 6. The lowest BCUT2D eigenvalue weighted by Crippen LogP contribution is -2.25. The molecule has 148 valence electrons. The Hall–Kier alpha value is -3.59. The topological polar surface area (TPSA) is 130 Å². The van der Waals surface area contributed by atoms with Crippen LogP contribution >= 0.6 is 11.6 Å². The van der Waals surface area contributed by atoms with Crippen LogP contribution in [0.2, 0.25) is 5.02 Å². The zero-order chi connectivity index (χ0) is 21.1. The van der Waals surface area contributed by atoms with E-state index in [1.807, 2.05) is 26.0 Å². The van der Waals surface area contributed by atoms with Gasteiger partial charge in [0.25, 0.3) is 11.2 Å². The van der Waals surface area contributed by atoms with E-state index in [0.29, 0.717) is 16.6 Å². The Morgan fingerprint density at radius 3 is 2.76 bits per heavy atom. The molecule has 3 aromatic rings. The number of carbonyl (C=O) groups excluding carboxylic acids is 1. The van der Waals surface area contributed by atoms with Crippen LogP contribution in [0.4, 0.5) is 5.69 Å². The molecule has 3 rings (SSSR count). The van der Waals surface area contributed by atoms with Gasteiger partial charge in [-0.05, 0) is 43.2 Å². The second-order valence-corrected chi connectivity index (χ2v) is 6.81. The number of benzene rings is 2. The molecule has 0 saturated carbocycles. The van der Waals surface area contributed by atoms with E-state index in [4.69, 9.17) is 11.6 Å². The average molecular weight is 414 g/mol. The minimum atomic E-state index is -0.612. The van der Waals surface area contributed by atoms with Gasteiger partial charge in [-0.15, -0.1) is 0 Å². The predicted molar refractivity (Wildman–Crippen MR) is 109 cm³/mol. The summed E-state index contributed by atoms with van der Waals surface area (Å²) in [5.74, 6) is -0.550. The van der Waals surface area contributed by atoms with Gasteiger partial charge in [0.1, 0.15) is 10.7 Å². The number of nitrogens with one attached hydrogen (secondary N) is 2. The average Bonchev–Trinajstić information content (AvgIpc) is 2.65. The number of rotatable bonds is 5. The van der Waals surface area contributed by atoms with Gasteiger partial charge in [0, 0.05) is 11.6 Å². The normalized spacial score (nSPS) is 11.1. The van der Waals surface area contributed by atoms with Gasteiger partial charge < -0.3 is 4.98 Å². The lowest BCUT2D eigenvalue weighted by Gasteiger charge is -2.05. The first kappa shape index (κ1) is 20.2. The zero-order valence-electron chi connectivity index (χ0n) is 15.5. The fraction of sp³-hybridized carbons (Fsp3) is 0.158. The molecular formula is C19H16ClN5O4. The molecule has 0 saturated heterocycles. The van der Waals surface area contributed by atoms with Crippen molar-refractivity contribution in [3.63, 3.8) is 0 Å². The van der Waals surface area contributed by atoms with Crippen LogP contribution in [0, 0.1) is 24.0 Å². The maximum atomic E-state index is 12.2. The second kappa shape index (κ2) is 8.19. The summed E-state index contributed by atoms with van der Waals surface area (Å²) in [5.41, 5.74) is 5.25. The molecule has 0 fully saturated rings. The molecule has 9 nitrogen and oxygen atoms in total. The number of amides is 1. The first-order valence-corrected chi connectivity index (χ1v) is 8.88. The van der Waals surface area contributed by atoms with E-state index in [-0.39, 0.29) is 22.8 Å². The van der Waals surface area contributed by atoms with Gasteiger partial charge in [0.05, 0.1) is 28.6 Å². The monoisotopic (exact) mass is 413 g/mol. The van der Waals surface area contributed by atoms with Gasteiger partial charge in [0.15, 0.2) is 0 Å². The summed E-state index contributed by atoms with van der Waals surface area (Å²) in [4.78, 5) is 41.6. The number of H-pyrrole nitrogens is 1. The van der Waals surface area contributed by atoms with E-state index in [2.05, 4.69) is 20.5 Å². The summed E-state index contributed by atoms with van der Waals surface area (Å²) in [6, 6.07) is 7.79. The van der Waals surface area contributed by atoms with Crippen LogP contribution in [0.1, 0.15) is 22.4 Å². The van der Waals surface area contributed by atoms with Crippen molar-refractivity contribution in [1.29, 1.82) is 0 Å². The smallest absolute Gasteiger partial charge is 0.288 e. The van der Waals surface area contributed by atoms with Gasteiger partial charge in [-0.2, -0.15) is 5.10 Å². The largest absolute Gasteiger partial charge is 0.319 e. The van der Waals surface area contributed by atoms with Gasteiger partial charge >= 0.3 is 0 Å². The summed E-state index contributed by atoms with van der Waals surface area (Å²) in [6.45, 7) is 3.87. The van der Waals surface area contributed by atoms with Crippen molar-refractivity contribution in [2.24, 2.45) is 5.10 Å². The molecule has 2 N–H and O–H groups in total. The molecule has 0 atom stereocenters. The third-order valence-corrected chi connectivity index (χ3v) is 4.60. The highest BCUT2D eigenvalue weighted by Gasteiger charge is 2.13. The minimum Gasteiger partial charge on any atom is -0.319 e. The van der Waals surface area contributed by atoms with E-state index in [0.717, 1.165) is 11.1 Å². The van der Waals surface area contributed by atoms with Crippen molar-refractivity contribution >= 4 is 40.4 Å². The molecule has 29 heavy (non-hydrogen) atoms. The van der Waals surface area contributed by atoms with E-state index in [1.165, 1.54) is 24.4 Å². The Bertz CT molecular complexity index is 1220. The first-order chi connectivity index (χ1) is 13.7.